The number of nitrogens with zero attached hydrogens (tertiary/aromatic N) is 1. The maximum Gasteiger partial charge on any atom is 0.261 e. The van der Waals surface area contributed by atoms with E-state index in [1.54, 1.807) is 24.3 Å². The fourth-order valence-corrected chi connectivity index (χ4v) is 4.51. The van der Waals surface area contributed by atoms with E-state index < -0.39 is 10.0 Å². The van der Waals surface area contributed by atoms with Crippen molar-refractivity contribution in [2.24, 2.45) is 0 Å². The minimum absolute atomic E-state index is 0.112. The number of nitrogens with one attached hydrogen (secondary N) is 1. The number of fused-ring (bicyclic) bond motifs is 1. The molecule has 0 saturated carbocycles. The molecule has 2 aromatic carbocycles. The third-order valence-corrected chi connectivity index (χ3v) is 6.26. The molecular weight excluding hydrogens is 376 g/mol. The van der Waals surface area contributed by atoms with Crippen molar-refractivity contribution in [2.45, 2.75) is 45.1 Å². The molecule has 0 spiro atoms. The smallest absolute Gasteiger partial charge is 0.261 e. The standard InChI is InChI=1S/C21H26N2O4S/c1-4-21(24)23-11-10-16-6-7-18(13-17(16)14-23)22-28(25,26)19-8-9-20(27-5-2)15(3)12-19/h6-9,12-13,22H,4-5,10-11,14H2,1-3H3. The van der Waals surface area contributed by atoms with Crippen LogP contribution in [-0.4, -0.2) is 32.4 Å². The van der Waals surface area contributed by atoms with Gasteiger partial charge in [-0.15, -0.1) is 0 Å². The molecular formula is C21H26N2O4S. The Morgan fingerprint density at radius 1 is 1.14 bits per heavy atom. The van der Waals surface area contributed by atoms with Gasteiger partial charge in [0.05, 0.1) is 11.5 Å². The van der Waals surface area contributed by atoms with E-state index in [4.69, 9.17) is 4.74 Å². The summed E-state index contributed by atoms with van der Waals surface area (Å²) in [6, 6.07) is 10.4. The van der Waals surface area contributed by atoms with E-state index in [1.165, 1.54) is 0 Å². The van der Waals surface area contributed by atoms with Gasteiger partial charge in [0.2, 0.25) is 5.91 Å². The zero-order valence-electron chi connectivity index (χ0n) is 16.5. The van der Waals surface area contributed by atoms with Crippen LogP contribution >= 0.6 is 0 Å². The molecule has 1 aliphatic rings. The van der Waals surface area contributed by atoms with Crippen molar-refractivity contribution in [3.63, 3.8) is 0 Å². The van der Waals surface area contributed by atoms with Gasteiger partial charge in [-0.3, -0.25) is 9.52 Å². The number of amides is 1. The topological polar surface area (TPSA) is 75.7 Å². The molecule has 0 aliphatic carbocycles. The van der Waals surface area contributed by atoms with Gasteiger partial charge >= 0.3 is 0 Å². The summed E-state index contributed by atoms with van der Waals surface area (Å²) < 4.78 is 33.7. The summed E-state index contributed by atoms with van der Waals surface area (Å²) in [6.07, 6.45) is 1.25. The zero-order chi connectivity index (χ0) is 20.3. The number of hydrogen-bond acceptors (Lipinski definition) is 4. The molecule has 0 atom stereocenters. The lowest BCUT2D eigenvalue weighted by Gasteiger charge is -2.29. The second kappa shape index (κ2) is 8.22. The van der Waals surface area contributed by atoms with Crippen molar-refractivity contribution in [3.8, 4) is 5.75 Å². The van der Waals surface area contributed by atoms with Crippen molar-refractivity contribution < 1.29 is 17.9 Å². The number of anilines is 1. The van der Waals surface area contributed by atoms with Gasteiger partial charge in [0, 0.05) is 25.2 Å². The first-order valence-corrected chi connectivity index (χ1v) is 11.0. The summed E-state index contributed by atoms with van der Waals surface area (Å²) >= 11 is 0. The first kappa shape index (κ1) is 20.2. The number of aryl methyl sites for hydroxylation is 1. The van der Waals surface area contributed by atoms with Gasteiger partial charge in [-0.25, -0.2) is 8.42 Å². The lowest BCUT2D eigenvalue weighted by molar-refractivity contribution is -0.131. The van der Waals surface area contributed by atoms with E-state index in [9.17, 15) is 13.2 Å². The number of carbonyl (C=O) groups is 1. The fourth-order valence-electron chi connectivity index (χ4n) is 3.38. The maximum atomic E-state index is 12.8. The predicted octanol–water partition coefficient (Wildman–Crippen LogP) is 3.49. The van der Waals surface area contributed by atoms with Crippen LogP contribution in [0.4, 0.5) is 5.69 Å². The van der Waals surface area contributed by atoms with Gasteiger partial charge in [0.1, 0.15) is 5.75 Å². The fraction of sp³-hybridized carbons (Fsp3) is 0.381. The van der Waals surface area contributed by atoms with Gasteiger partial charge in [0.25, 0.3) is 10.0 Å². The molecule has 0 fully saturated rings. The summed E-state index contributed by atoms with van der Waals surface area (Å²) in [6.45, 7) is 7.30. The SMILES string of the molecule is CCOc1ccc(S(=O)(=O)Nc2ccc3c(c2)CN(C(=O)CC)CC3)cc1C. The zero-order valence-corrected chi connectivity index (χ0v) is 17.3. The van der Waals surface area contributed by atoms with Crippen LogP contribution < -0.4 is 9.46 Å². The molecule has 0 radical (unpaired) electrons. The van der Waals surface area contributed by atoms with Crippen molar-refractivity contribution in [1.82, 2.24) is 4.90 Å². The highest BCUT2D eigenvalue weighted by atomic mass is 32.2. The highest BCUT2D eigenvalue weighted by Gasteiger charge is 2.21. The first-order valence-electron chi connectivity index (χ1n) is 9.50. The van der Waals surface area contributed by atoms with Gasteiger partial charge in [-0.2, -0.15) is 0 Å². The molecule has 2 aromatic rings. The molecule has 0 bridgehead atoms. The monoisotopic (exact) mass is 402 g/mol. The molecule has 1 heterocycles. The summed E-state index contributed by atoms with van der Waals surface area (Å²) in [5.41, 5.74) is 3.40. The maximum absolute atomic E-state index is 12.8. The molecule has 1 aliphatic heterocycles. The van der Waals surface area contributed by atoms with Crippen LogP contribution in [0.25, 0.3) is 0 Å². The number of carbonyl (C=O) groups excluding carboxylic acids is 1. The van der Waals surface area contributed by atoms with Crippen LogP contribution in [0.15, 0.2) is 41.3 Å². The minimum atomic E-state index is -3.71. The molecule has 28 heavy (non-hydrogen) atoms. The normalized spacial score (nSPS) is 13.8. The average molecular weight is 403 g/mol. The van der Waals surface area contributed by atoms with Gasteiger partial charge in [0.15, 0.2) is 0 Å². The van der Waals surface area contributed by atoms with Crippen molar-refractivity contribution in [1.29, 1.82) is 0 Å². The minimum Gasteiger partial charge on any atom is -0.494 e. The molecule has 1 amide bonds. The number of rotatable bonds is 6. The largest absolute Gasteiger partial charge is 0.494 e. The van der Waals surface area contributed by atoms with Crippen LogP contribution in [0, 0.1) is 6.92 Å². The van der Waals surface area contributed by atoms with Crippen LogP contribution in [0.5, 0.6) is 5.75 Å². The quantitative estimate of drug-likeness (QED) is 0.803. The van der Waals surface area contributed by atoms with Crippen LogP contribution in [0.1, 0.15) is 37.0 Å². The summed E-state index contributed by atoms with van der Waals surface area (Å²) in [4.78, 5) is 14.0. The first-order chi connectivity index (χ1) is 13.3. The van der Waals surface area contributed by atoms with E-state index in [2.05, 4.69) is 4.72 Å². The Kier molecular flexibility index (Phi) is 5.93. The summed E-state index contributed by atoms with van der Waals surface area (Å²) in [5.74, 6) is 0.789. The molecule has 150 valence electrons. The molecule has 7 heteroatoms. The number of ether oxygens (including phenoxy) is 1. The van der Waals surface area contributed by atoms with E-state index in [0.29, 0.717) is 37.6 Å². The van der Waals surface area contributed by atoms with Crippen molar-refractivity contribution >= 4 is 21.6 Å². The Bertz CT molecular complexity index is 986. The van der Waals surface area contributed by atoms with Gasteiger partial charge in [-0.05, 0) is 67.3 Å². The molecule has 1 N–H and O–H groups in total. The third-order valence-electron chi connectivity index (χ3n) is 4.88. The second-order valence-corrected chi connectivity index (χ2v) is 8.55. The summed E-state index contributed by atoms with van der Waals surface area (Å²) in [5, 5.41) is 0. The van der Waals surface area contributed by atoms with Gasteiger partial charge in [-0.1, -0.05) is 13.0 Å². The van der Waals surface area contributed by atoms with Crippen molar-refractivity contribution in [3.05, 3.63) is 53.1 Å². The van der Waals surface area contributed by atoms with E-state index in [1.807, 2.05) is 37.8 Å². The lowest BCUT2D eigenvalue weighted by Crippen LogP contribution is -2.35. The lowest BCUT2D eigenvalue weighted by atomic mass is 9.99. The second-order valence-electron chi connectivity index (χ2n) is 6.87. The van der Waals surface area contributed by atoms with Crippen LogP contribution in [-0.2, 0) is 27.8 Å². The number of hydrogen-bond donors (Lipinski definition) is 1. The number of benzene rings is 2. The Balaban J connectivity index is 1.82. The Morgan fingerprint density at radius 2 is 1.93 bits per heavy atom. The molecule has 0 aromatic heterocycles. The molecule has 3 rings (SSSR count). The van der Waals surface area contributed by atoms with E-state index in [-0.39, 0.29) is 10.8 Å². The summed E-state index contributed by atoms with van der Waals surface area (Å²) in [7, 11) is -3.71. The predicted molar refractivity (Wildman–Crippen MR) is 109 cm³/mol. The number of sulfonamides is 1. The van der Waals surface area contributed by atoms with Crippen molar-refractivity contribution in [2.75, 3.05) is 17.9 Å². The van der Waals surface area contributed by atoms with Crippen LogP contribution in [0.3, 0.4) is 0 Å². The molecule has 6 nitrogen and oxygen atoms in total. The third kappa shape index (κ3) is 4.30. The Hall–Kier alpha value is -2.54. The van der Waals surface area contributed by atoms with E-state index in [0.717, 1.165) is 23.1 Å². The Labute approximate surface area is 166 Å². The molecule has 0 saturated heterocycles. The Morgan fingerprint density at radius 3 is 2.61 bits per heavy atom. The average Bonchev–Trinajstić information content (AvgIpc) is 2.68. The highest BCUT2D eigenvalue weighted by molar-refractivity contribution is 7.92. The highest BCUT2D eigenvalue weighted by Crippen LogP contribution is 2.26. The molecule has 0 unspecified atom stereocenters. The van der Waals surface area contributed by atoms with E-state index >= 15 is 0 Å². The van der Waals surface area contributed by atoms with Gasteiger partial charge < -0.3 is 9.64 Å². The van der Waals surface area contributed by atoms with Crippen LogP contribution in [0.2, 0.25) is 0 Å².